The Bertz CT molecular complexity index is 632. The van der Waals surface area contributed by atoms with Crippen LogP contribution in [0.25, 0.3) is 0 Å². The minimum absolute atomic E-state index is 0.0384. The van der Waals surface area contributed by atoms with Gasteiger partial charge in [-0.3, -0.25) is 0 Å². The van der Waals surface area contributed by atoms with Crippen LogP contribution in [0.3, 0.4) is 0 Å². The lowest BCUT2D eigenvalue weighted by molar-refractivity contribution is 0.187. The maximum Gasteiger partial charge on any atom is 0.245 e. The van der Waals surface area contributed by atoms with Crippen molar-refractivity contribution in [3.05, 3.63) is 22.4 Å². The van der Waals surface area contributed by atoms with Crippen LogP contribution in [-0.4, -0.2) is 25.8 Å². The van der Waals surface area contributed by atoms with Crippen LogP contribution in [0.2, 0.25) is 0 Å². The first-order chi connectivity index (χ1) is 9.13. The number of sulfonamides is 1. The monoisotopic (exact) mass is 364 g/mol. The van der Waals surface area contributed by atoms with Crippen LogP contribution in [0.4, 0.5) is 10.1 Å². The standard InChI is InChI=1S/C13H18BrFN2O2S/c1-13(2)4-3-5-17(8-13)20(18,19)12-6-9(14)10(15)7-11(12)16/h6-7H,3-5,8,16H2,1-2H3. The fraction of sp³-hybridized carbons (Fsp3) is 0.538. The number of nitrogens with zero attached hydrogens (tertiary/aromatic N) is 1. The van der Waals surface area contributed by atoms with Gasteiger partial charge in [-0.25, -0.2) is 12.8 Å². The minimum Gasteiger partial charge on any atom is -0.398 e. The Hall–Kier alpha value is -0.660. The highest BCUT2D eigenvalue weighted by Crippen LogP contribution is 2.34. The van der Waals surface area contributed by atoms with E-state index >= 15 is 0 Å². The number of anilines is 1. The molecule has 0 radical (unpaired) electrons. The van der Waals surface area contributed by atoms with Crippen LogP contribution in [-0.2, 0) is 10.0 Å². The molecule has 20 heavy (non-hydrogen) atoms. The molecule has 4 nitrogen and oxygen atoms in total. The van der Waals surface area contributed by atoms with Crippen molar-refractivity contribution in [2.24, 2.45) is 5.41 Å². The van der Waals surface area contributed by atoms with Gasteiger partial charge in [-0.15, -0.1) is 0 Å². The van der Waals surface area contributed by atoms with E-state index in [9.17, 15) is 12.8 Å². The van der Waals surface area contributed by atoms with E-state index in [2.05, 4.69) is 15.9 Å². The molecule has 0 saturated carbocycles. The molecule has 1 aromatic carbocycles. The van der Waals surface area contributed by atoms with E-state index in [4.69, 9.17) is 5.73 Å². The Morgan fingerprint density at radius 2 is 2.05 bits per heavy atom. The van der Waals surface area contributed by atoms with Crippen LogP contribution >= 0.6 is 15.9 Å². The number of nitrogen functional groups attached to an aromatic ring is 1. The van der Waals surface area contributed by atoms with Gasteiger partial charge in [-0.05, 0) is 46.3 Å². The molecule has 1 aliphatic heterocycles. The van der Waals surface area contributed by atoms with Crippen molar-refractivity contribution < 1.29 is 12.8 Å². The number of piperidine rings is 1. The molecule has 0 atom stereocenters. The molecule has 0 bridgehead atoms. The van der Waals surface area contributed by atoms with E-state index in [-0.39, 0.29) is 20.5 Å². The molecule has 112 valence electrons. The van der Waals surface area contributed by atoms with E-state index < -0.39 is 15.8 Å². The number of hydrogen-bond donors (Lipinski definition) is 1. The zero-order valence-corrected chi connectivity index (χ0v) is 13.9. The van der Waals surface area contributed by atoms with Crippen molar-refractivity contribution in [1.82, 2.24) is 4.31 Å². The summed E-state index contributed by atoms with van der Waals surface area (Å²) >= 11 is 3.01. The molecule has 1 fully saturated rings. The second kappa shape index (κ2) is 5.27. The third-order valence-electron chi connectivity index (χ3n) is 3.54. The predicted molar refractivity (Wildman–Crippen MR) is 80.3 cm³/mol. The van der Waals surface area contributed by atoms with Gasteiger partial charge in [-0.2, -0.15) is 4.31 Å². The maximum atomic E-state index is 13.4. The number of nitrogens with two attached hydrogens (primary N) is 1. The smallest absolute Gasteiger partial charge is 0.245 e. The van der Waals surface area contributed by atoms with Crippen molar-refractivity contribution in [3.63, 3.8) is 0 Å². The Morgan fingerprint density at radius 1 is 1.40 bits per heavy atom. The Labute approximate surface area is 127 Å². The van der Waals surface area contributed by atoms with Gasteiger partial charge in [0.1, 0.15) is 10.7 Å². The quantitative estimate of drug-likeness (QED) is 0.820. The summed E-state index contributed by atoms with van der Waals surface area (Å²) in [7, 11) is -3.69. The Balaban J connectivity index is 2.43. The highest BCUT2D eigenvalue weighted by molar-refractivity contribution is 9.10. The fourth-order valence-corrected chi connectivity index (χ4v) is 4.77. The first-order valence-corrected chi connectivity index (χ1v) is 8.61. The predicted octanol–water partition coefficient (Wildman–Crippen LogP) is 2.98. The first kappa shape index (κ1) is 15.7. The molecule has 2 rings (SSSR count). The summed E-state index contributed by atoms with van der Waals surface area (Å²) < 4.78 is 40.2. The van der Waals surface area contributed by atoms with Gasteiger partial charge >= 0.3 is 0 Å². The molecule has 0 unspecified atom stereocenters. The molecular formula is C13H18BrFN2O2S. The molecule has 1 heterocycles. The van der Waals surface area contributed by atoms with Gasteiger partial charge in [-0.1, -0.05) is 13.8 Å². The Morgan fingerprint density at radius 3 is 2.65 bits per heavy atom. The van der Waals surface area contributed by atoms with E-state index in [0.717, 1.165) is 18.9 Å². The van der Waals surface area contributed by atoms with Gasteiger partial charge in [0.2, 0.25) is 10.0 Å². The average molecular weight is 365 g/mol. The fourth-order valence-electron chi connectivity index (χ4n) is 2.48. The second-order valence-corrected chi connectivity index (χ2v) is 8.67. The summed E-state index contributed by atoms with van der Waals surface area (Å²) in [4.78, 5) is -0.0384. The van der Waals surface area contributed by atoms with E-state index in [0.29, 0.717) is 13.1 Å². The van der Waals surface area contributed by atoms with E-state index in [1.165, 1.54) is 10.4 Å². The third kappa shape index (κ3) is 2.99. The van der Waals surface area contributed by atoms with Crippen LogP contribution < -0.4 is 5.73 Å². The Kier molecular flexibility index (Phi) is 4.15. The van der Waals surface area contributed by atoms with Crippen molar-refractivity contribution in [1.29, 1.82) is 0 Å². The first-order valence-electron chi connectivity index (χ1n) is 6.38. The number of hydrogen-bond acceptors (Lipinski definition) is 3. The second-order valence-electron chi connectivity index (χ2n) is 5.91. The van der Waals surface area contributed by atoms with Gasteiger partial charge < -0.3 is 5.73 Å². The SMILES string of the molecule is CC1(C)CCCN(S(=O)(=O)c2cc(Br)c(F)cc2N)C1. The van der Waals surface area contributed by atoms with Crippen molar-refractivity contribution in [2.45, 2.75) is 31.6 Å². The molecule has 1 aromatic rings. The maximum absolute atomic E-state index is 13.4. The molecule has 1 saturated heterocycles. The zero-order chi connectivity index (χ0) is 15.1. The van der Waals surface area contributed by atoms with Gasteiger partial charge in [0, 0.05) is 13.1 Å². The van der Waals surface area contributed by atoms with Crippen LogP contribution in [0.1, 0.15) is 26.7 Å². The number of benzene rings is 1. The summed E-state index contributed by atoms with van der Waals surface area (Å²) in [6, 6.07) is 2.27. The highest BCUT2D eigenvalue weighted by atomic mass is 79.9. The molecular weight excluding hydrogens is 347 g/mol. The molecule has 0 spiro atoms. The summed E-state index contributed by atoms with van der Waals surface area (Å²) in [5, 5.41) is 0. The summed E-state index contributed by atoms with van der Waals surface area (Å²) in [6.45, 7) is 5.00. The van der Waals surface area contributed by atoms with Crippen LogP contribution in [0, 0.1) is 11.2 Å². The molecule has 7 heteroatoms. The molecule has 0 aromatic heterocycles. The summed E-state index contributed by atoms with van der Waals surface area (Å²) in [5.74, 6) is -0.569. The molecule has 0 aliphatic carbocycles. The number of halogens is 2. The van der Waals surface area contributed by atoms with Crippen LogP contribution in [0.15, 0.2) is 21.5 Å². The molecule has 0 amide bonds. The lowest BCUT2D eigenvalue weighted by atomic mass is 9.85. The van der Waals surface area contributed by atoms with E-state index in [1.807, 2.05) is 13.8 Å². The van der Waals surface area contributed by atoms with Crippen molar-refractivity contribution in [2.75, 3.05) is 18.8 Å². The molecule has 2 N–H and O–H groups in total. The zero-order valence-electron chi connectivity index (χ0n) is 11.5. The lowest BCUT2D eigenvalue weighted by Gasteiger charge is -2.37. The molecule has 1 aliphatic rings. The third-order valence-corrected chi connectivity index (χ3v) is 6.04. The van der Waals surface area contributed by atoms with Crippen LogP contribution in [0.5, 0.6) is 0 Å². The highest BCUT2D eigenvalue weighted by Gasteiger charge is 2.35. The topological polar surface area (TPSA) is 63.4 Å². The van der Waals surface area contributed by atoms with E-state index in [1.54, 1.807) is 0 Å². The lowest BCUT2D eigenvalue weighted by Crippen LogP contribution is -2.43. The van der Waals surface area contributed by atoms with Gasteiger partial charge in [0.25, 0.3) is 0 Å². The normalized spacial score (nSPS) is 20.0. The van der Waals surface area contributed by atoms with Gasteiger partial charge in [0.05, 0.1) is 10.2 Å². The number of rotatable bonds is 2. The summed E-state index contributed by atoms with van der Waals surface area (Å²) in [5.41, 5.74) is 5.56. The largest absolute Gasteiger partial charge is 0.398 e. The average Bonchev–Trinajstić information content (AvgIpc) is 2.32. The van der Waals surface area contributed by atoms with Gasteiger partial charge in [0.15, 0.2) is 0 Å². The van der Waals surface area contributed by atoms with Crippen molar-refractivity contribution in [3.8, 4) is 0 Å². The summed E-state index contributed by atoms with van der Waals surface area (Å²) in [6.07, 6.45) is 1.80. The minimum atomic E-state index is -3.69. The van der Waals surface area contributed by atoms with Crippen molar-refractivity contribution >= 4 is 31.6 Å².